The Hall–Kier alpha value is -3.71. The number of furan rings is 1. The van der Waals surface area contributed by atoms with Gasteiger partial charge in [-0.05, 0) is 37.3 Å². The molecule has 7 heteroatoms. The van der Waals surface area contributed by atoms with Crippen LogP contribution in [0.5, 0.6) is 23.0 Å². The van der Waals surface area contributed by atoms with Gasteiger partial charge in [-0.2, -0.15) is 0 Å². The van der Waals surface area contributed by atoms with Crippen LogP contribution in [0.3, 0.4) is 0 Å². The van der Waals surface area contributed by atoms with E-state index in [1.54, 1.807) is 32.6 Å². The molecule has 0 amide bonds. The van der Waals surface area contributed by atoms with Gasteiger partial charge in [-0.25, -0.2) is 0 Å². The molecule has 164 valence electrons. The van der Waals surface area contributed by atoms with E-state index in [1.807, 2.05) is 37.3 Å². The van der Waals surface area contributed by atoms with Gasteiger partial charge in [0.25, 0.3) is 0 Å². The van der Waals surface area contributed by atoms with Crippen molar-refractivity contribution < 1.29 is 28.2 Å². The Morgan fingerprint density at radius 3 is 2.75 bits per heavy atom. The maximum absolute atomic E-state index is 13.2. The molecule has 1 aromatic heterocycles. The Labute approximate surface area is 185 Å². The summed E-state index contributed by atoms with van der Waals surface area (Å²) in [6.07, 6.45) is 3.35. The number of fused-ring (bicyclic) bond motifs is 2. The number of ether oxygens (including phenoxy) is 4. The second-order valence-corrected chi connectivity index (χ2v) is 7.73. The van der Waals surface area contributed by atoms with E-state index in [9.17, 15) is 4.79 Å². The number of rotatable bonds is 5. The molecular formula is C25H23NO6. The van der Waals surface area contributed by atoms with Gasteiger partial charge in [0, 0.05) is 23.2 Å². The van der Waals surface area contributed by atoms with Crippen molar-refractivity contribution in [2.24, 2.45) is 0 Å². The molecule has 0 N–H and O–H groups in total. The summed E-state index contributed by atoms with van der Waals surface area (Å²) in [6, 6.07) is 11.2. The molecule has 32 heavy (non-hydrogen) atoms. The van der Waals surface area contributed by atoms with Crippen LogP contribution in [0.25, 0.3) is 6.08 Å². The van der Waals surface area contributed by atoms with Crippen molar-refractivity contribution >= 4 is 11.9 Å². The number of carbonyl (C=O) groups is 1. The minimum Gasteiger partial charge on any atom is -0.493 e. The monoisotopic (exact) mass is 433 g/mol. The summed E-state index contributed by atoms with van der Waals surface area (Å²) in [5.41, 5.74) is 3.02. The standard InChI is InChI=1S/C25H23NO6/c1-15-23-17(12-26(14-31-23)13-18-7-5-9-30-18)10-19-22(27)21(32-24(15)19)11-16-6-4-8-20(28-2)25(16)29-3/h4-11H,12-14H2,1-3H3/b21-11-. The number of benzene rings is 2. The molecule has 0 radical (unpaired) electrons. The molecule has 7 nitrogen and oxygen atoms in total. The Kier molecular flexibility index (Phi) is 5.11. The van der Waals surface area contributed by atoms with E-state index in [4.69, 9.17) is 23.4 Å². The second kappa shape index (κ2) is 8.09. The zero-order chi connectivity index (χ0) is 22.2. The second-order valence-electron chi connectivity index (χ2n) is 7.73. The lowest BCUT2D eigenvalue weighted by molar-refractivity contribution is 0.0813. The van der Waals surface area contributed by atoms with Crippen molar-refractivity contribution in [1.29, 1.82) is 0 Å². The number of nitrogens with zero attached hydrogens (tertiary/aromatic N) is 1. The molecule has 3 aromatic rings. The third kappa shape index (κ3) is 3.40. The minimum atomic E-state index is -0.168. The Bertz CT molecular complexity index is 1210. The highest BCUT2D eigenvalue weighted by Crippen LogP contribution is 2.44. The number of hydrogen-bond donors (Lipinski definition) is 0. The van der Waals surface area contributed by atoms with E-state index in [1.165, 1.54) is 0 Å². The van der Waals surface area contributed by atoms with Crippen LogP contribution in [-0.2, 0) is 13.1 Å². The van der Waals surface area contributed by atoms with Crippen molar-refractivity contribution in [3.63, 3.8) is 0 Å². The molecule has 0 fully saturated rings. The first-order valence-corrected chi connectivity index (χ1v) is 10.3. The molecule has 0 bridgehead atoms. The van der Waals surface area contributed by atoms with Crippen molar-refractivity contribution in [1.82, 2.24) is 4.90 Å². The summed E-state index contributed by atoms with van der Waals surface area (Å²) in [6.45, 7) is 3.64. The summed E-state index contributed by atoms with van der Waals surface area (Å²) < 4.78 is 28.3. The third-order valence-electron chi connectivity index (χ3n) is 5.68. The lowest BCUT2D eigenvalue weighted by atomic mass is 10.00. The lowest BCUT2D eigenvalue weighted by Crippen LogP contribution is -2.31. The fraction of sp³-hybridized carbons (Fsp3) is 0.240. The lowest BCUT2D eigenvalue weighted by Gasteiger charge is -2.29. The number of Topliss-reactive ketones (excluding diaryl/α,β-unsaturated/α-hetero) is 1. The SMILES string of the molecule is COc1cccc(/C=C2\Oc3c(cc4c(c3C)OCN(Cc3ccco3)C4)C2=O)c1OC. The molecule has 2 aromatic carbocycles. The Morgan fingerprint density at radius 2 is 2.00 bits per heavy atom. The number of ketones is 1. The van der Waals surface area contributed by atoms with Gasteiger partial charge in [0.05, 0.1) is 32.6 Å². The highest BCUT2D eigenvalue weighted by atomic mass is 16.5. The van der Waals surface area contributed by atoms with E-state index in [2.05, 4.69) is 4.90 Å². The predicted molar refractivity (Wildman–Crippen MR) is 117 cm³/mol. The average Bonchev–Trinajstić information content (AvgIpc) is 3.42. The molecule has 0 saturated heterocycles. The summed E-state index contributed by atoms with van der Waals surface area (Å²) >= 11 is 0. The fourth-order valence-electron chi connectivity index (χ4n) is 4.19. The van der Waals surface area contributed by atoms with Crippen molar-refractivity contribution in [2.45, 2.75) is 20.0 Å². The highest BCUT2D eigenvalue weighted by molar-refractivity contribution is 6.15. The van der Waals surface area contributed by atoms with Gasteiger partial charge in [0.2, 0.25) is 5.78 Å². The highest BCUT2D eigenvalue weighted by Gasteiger charge is 2.34. The van der Waals surface area contributed by atoms with Crippen LogP contribution < -0.4 is 18.9 Å². The van der Waals surface area contributed by atoms with Crippen LogP contribution in [0.1, 0.15) is 32.8 Å². The van der Waals surface area contributed by atoms with Gasteiger partial charge in [-0.1, -0.05) is 12.1 Å². The molecule has 0 atom stereocenters. The van der Waals surface area contributed by atoms with Gasteiger partial charge in [0.15, 0.2) is 17.3 Å². The van der Waals surface area contributed by atoms with E-state index in [-0.39, 0.29) is 11.5 Å². The largest absolute Gasteiger partial charge is 0.493 e. The molecule has 0 saturated carbocycles. The fourth-order valence-corrected chi connectivity index (χ4v) is 4.19. The number of hydrogen-bond acceptors (Lipinski definition) is 7. The van der Waals surface area contributed by atoms with E-state index in [0.29, 0.717) is 48.2 Å². The molecule has 2 aliphatic heterocycles. The Balaban J connectivity index is 1.46. The normalized spacial score (nSPS) is 16.3. The van der Waals surface area contributed by atoms with Crippen LogP contribution in [0.2, 0.25) is 0 Å². The minimum absolute atomic E-state index is 0.168. The van der Waals surface area contributed by atoms with Crippen LogP contribution >= 0.6 is 0 Å². The Morgan fingerprint density at radius 1 is 1.12 bits per heavy atom. The molecule has 5 rings (SSSR count). The smallest absolute Gasteiger partial charge is 0.231 e. The first-order chi connectivity index (χ1) is 15.6. The van der Waals surface area contributed by atoms with E-state index >= 15 is 0 Å². The number of methoxy groups -OCH3 is 2. The first kappa shape index (κ1) is 20.2. The summed E-state index contributed by atoms with van der Waals surface area (Å²) in [4.78, 5) is 15.3. The summed E-state index contributed by atoms with van der Waals surface area (Å²) in [5, 5.41) is 0. The first-order valence-electron chi connectivity index (χ1n) is 10.3. The molecule has 3 heterocycles. The van der Waals surface area contributed by atoms with Crippen LogP contribution in [0.4, 0.5) is 0 Å². The average molecular weight is 433 g/mol. The number of para-hydroxylation sites is 1. The van der Waals surface area contributed by atoms with Gasteiger partial charge >= 0.3 is 0 Å². The zero-order valence-electron chi connectivity index (χ0n) is 18.1. The van der Waals surface area contributed by atoms with E-state index < -0.39 is 0 Å². The third-order valence-corrected chi connectivity index (χ3v) is 5.68. The van der Waals surface area contributed by atoms with Gasteiger partial charge < -0.3 is 23.4 Å². The van der Waals surface area contributed by atoms with Gasteiger partial charge in [0.1, 0.15) is 24.0 Å². The number of carbonyl (C=O) groups excluding carboxylic acids is 1. The van der Waals surface area contributed by atoms with Gasteiger partial charge in [-0.15, -0.1) is 0 Å². The van der Waals surface area contributed by atoms with Crippen molar-refractivity contribution in [2.75, 3.05) is 21.0 Å². The summed E-state index contributed by atoms with van der Waals surface area (Å²) in [5.74, 6) is 3.38. The molecule has 0 unspecified atom stereocenters. The van der Waals surface area contributed by atoms with E-state index in [0.717, 1.165) is 22.6 Å². The summed E-state index contributed by atoms with van der Waals surface area (Å²) in [7, 11) is 3.14. The molecule has 2 aliphatic rings. The quantitative estimate of drug-likeness (QED) is 0.546. The van der Waals surface area contributed by atoms with Gasteiger partial charge in [-0.3, -0.25) is 9.69 Å². The van der Waals surface area contributed by atoms with Crippen LogP contribution in [0.15, 0.2) is 52.8 Å². The molecule has 0 spiro atoms. The molecule has 0 aliphatic carbocycles. The maximum Gasteiger partial charge on any atom is 0.231 e. The van der Waals surface area contributed by atoms with Crippen molar-refractivity contribution in [3.8, 4) is 23.0 Å². The maximum atomic E-state index is 13.2. The van der Waals surface area contributed by atoms with Crippen LogP contribution in [0, 0.1) is 6.92 Å². The van der Waals surface area contributed by atoms with Crippen molar-refractivity contribution in [3.05, 3.63) is 76.4 Å². The molecular weight excluding hydrogens is 410 g/mol. The topological polar surface area (TPSA) is 70.4 Å². The predicted octanol–water partition coefficient (Wildman–Crippen LogP) is 4.57. The van der Waals surface area contributed by atoms with Crippen LogP contribution in [-0.4, -0.2) is 31.6 Å². The number of allylic oxidation sites excluding steroid dienone is 1. The zero-order valence-corrected chi connectivity index (χ0v) is 18.1.